The zero-order valence-corrected chi connectivity index (χ0v) is 9.86. The lowest BCUT2D eigenvalue weighted by molar-refractivity contribution is 0.622. The van der Waals surface area contributed by atoms with Gasteiger partial charge in [0.25, 0.3) is 0 Å². The Labute approximate surface area is 100 Å². The Morgan fingerprint density at radius 3 is 2.88 bits per heavy atom. The minimum absolute atomic E-state index is 0.240. The molecule has 0 saturated carbocycles. The van der Waals surface area contributed by atoms with Crippen LogP contribution in [0.2, 0.25) is 0 Å². The molecule has 1 aromatic carbocycles. The maximum Gasteiger partial charge on any atom is 0.123 e. The van der Waals surface area contributed by atoms with Crippen LogP contribution >= 0.6 is 0 Å². The second kappa shape index (κ2) is 5.10. The minimum Gasteiger partial charge on any atom is -0.331 e. The van der Waals surface area contributed by atoms with Gasteiger partial charge in [-0.25, -0.2) is 9.37 Å². The fourth-order valence-corrected chi connectivity index (χ4v) is 1.92. The van der Waals surface area contributed by atoms with Gasteiger partial charge in [-0.3, -0.25) is 0 Å². The molecule has 2 rings (SSSR count). The van der Waals surface area contributed by atoms with Gasteiger partial charge < -0.3 is 10.3 Å². The first kappa shape index (κ1) is 11.8. The molecule has 0 spiro atoms. The third kappa shape index (κ3) is 2.53. The molecule has 90 valence electrons. The Hall–Kier alpha value is -1.68. The van der Waals surface area contributed by atoms with Crippen LogP contribution in [0.5, 0.6) is 0 Å². The molecule has 0 aliphatic carbocycles. The fourth-order valence-electron chi connectivity index (χ4n) is 1.92. The van der Waals surface area contributed by atoms with Crippen LogP contribution in [0, 0.1) is 5.82 Å². The van der Waals surface area contributed by atoms with Gasteiger partial charge in [0.15, 0.2) is 0 Å². The van der Waals surface area contributed by atoms with Gasteiger partial charge >= 0.3 is 0 Å². The Morgan fingerprint density at radius 1 is 1.35 bits per heavy atom. The van der Waals surface area contributed by atoms with Gasteiger partial charge in [-0.1, -0.05) is 13.0 Å². The summed E-state index contributed by atoms with van der Waals surface area (Å²) in [6, 6.07) is 4.76. The molecule has 0 aliphatic rings. The largest absolute Gasteiger partial charge is 0.331 e. The first-order chi connectivity index (χ1) is 8.24. The number of nitrogens with zero attached hydrogens (tertiary/aromatic N) is 2. The van der Waals surface area contributed by atoms with E-state index in [1.807, 2.05) is 6.20 Å². The molecule has 1 aromatic heterocycles. The van der Waals surface area contributed by atoms with Gasteiger partial charge in [0, 0.05) is 31.9 Å². The van der Waals surface area contributed by atoms with E-state index < -0.39 is 0 Å². The summed E-state index contributed by atoms with van der Waals surface area (Å²) in [6.07, 6.45) is 4.60. The second-order valence-electron chi connectivity index (χ2n) is 3.94. The van der Waals surface area contributed by atoms with Crippen LogP contribution in [-0.4, -0.2) is 9.55 Å². The van der Waals surface area contributed by atoms with Crippen LogP contribution in [0.1, 0.15) is 23.9 Å². The standard InChI is InChI=1S/C13H16FN3/c1-2-13-16-5-6-17(13)9-10-3-4-12(14)7-11(10)8-15/h3-7H,2,8-9,15H2,1H3. The van der Waals surface area contributed by atoms with Crippen LogP contribution in [0.4, 0.5) is 4.39 Å². The number of halogens is 1. The van der Waals surface area contributed by atoms with E-state index in [9.17, 15) is 4.39 Å². The normalized spacial score (nSPS) is 10.8. The average molecular weight is 233 g/mol. The molecular weight excluding hydrogens is 217 g/mol. The van der Waals surface area contributed by atoms with Crippen LogP contribution in [0.25, 0.3) is 0 Å². The van der Waals surface area contributed by atoms with Crippen LogP contribution in [0.15, 0.2) is 30.6 Å². The smallest absolute Gasteiger partial charge is 0.123 e. The zero-order valence-electron chi connectivity index (χ0n) is 9.86. The lowest BCUT2D eigenvalue weighted by Gasteiger charge is -2.10. The van der Waals surface area contributed by atoms with E-state index in [4.69, 9.17) is 5.73 Å². The topological polar surface area (TPSA) is 43.8 Å². The Balaban J connectivity index is 2.29. The first-order valence-electron chi connectivity index (χ1n) is 5.72. The number of benzene rings is 1. The lowest BCUT2D eigenvalue weighted by atomic mass is 10.1. The Morgan fingerprint density at radius 2 is 2.18 bits per heavy atom. The molecular formula is C13H16FN3. The summed E-state index contributed by atoms with van der Waals surface area (Å²) in [5, 5.41) is 0. The quantitative estimate of drug-likeness (QED) is 0.878. The van der Waals surface area contributed by atoms with Gasteiger partial charge in [-0.15, -0.1) is 0 Å². The summed E-state index contributed by atoms with van der Waals surface area (Å²) in [6.45, 7) is 3.10. The molecule has 3 nitrogen and oxygen atoms in total. The predicted molar refractivity (Wildman–Crippen MR) is 65.0 cm³/mol. The summed E-state index contributed by atoms with van der Waals surface area (Å²) in [5.41, 5.74) is 7.52. The van der Waals surface area contributed by atoms with Crippen molar-refractivity contribution in [3.63, 3.8) is 0 Å². The summed E-state index contributed by atoms with van der Waals surface area (Å²) in [7, 11) is 0. The average Bonchev–Trinajstić information content (AvgIpc) is 2.78. The van der Waals surface area contributed by atoms with Crippen molar-refractivity contribution in [1.82, 2.24) is 9.55 Å². The van der Waals surface area contributed by atoms with Crippen molar-refractivity contribution >= 4 is 0 Å². The molecule has 0 unspecified atom stereocenters. The van der Waals surface area contributed by atoms with Crippen molar-refractivity contribution in [2.24, 2.45) is 5.73 Å². The SMILES string of the molecule is CCc1nccn1Cc1ccc(F)cc1CN. The van der Waals surface area contributed by atoms with Gasteiger partial charge in [0.05, 0.1) is 0 Å². The third-order valence-corrected chi connectivity index (χ3v) is 2.85. The summed E-state index contributed by atoms with van der Waals surface area (Å²) in [4.78, 5) is 4.26. The molecule has 0 radical (unpaired) electrons. The number of nitrogens with two attached hydrogens (primary N) is 1. The van der Waals surface area contributed by atoms with E-state index in [0.29, 0.717) is 13.1 Å². The summed E-state index contributed by atoms with van der Waals surface area (Å²) in [5.74, 6) is 0.785. The van der Waals surface area contributed by atoms with E-state index in [-0.39, 0.29) is 5.82 Å². The maximum atomic E-state index is 13.1. The number of imidazole rings is 1. The molecule has 0 fully saturated rings. The van der Waals surface area contributed by atoms with E-state index in [0.717, 1.165) is 23.4 Å². The molecule has 0 aliphatic heterocycles. The molecule has 0 saturated heterocycles. The monoisotopic (exact) mass is 233 g/mol. The van der Waals surface area contributed by atoms with Gasteiger partial charge in [-0.2, -0.15) is 0 Å². The minimum atomic E-state index is -0.240. The number of aryl methyl sites for hydroxylation is 1. The van der Waals surface area contributed by atoms with Crippen molar-refractivity contribution in [2.75, 3.05) is 0 Å². The summed E-state index contributed by atoms with van der Waals surface area (Å²) >= 11 is 0. The fraction of sp³-hybridized carbons (Fsp3) is 0.308. The number of hydrogen-bond acceptors (Lipinski definition) is 2. The van der Waals surface area contributed by atoms with Gasteiger partial charge in [0.2, 0.25) is 0 Å². The Bertz CT molecular complexity index is 505. The number of rotatable bonds is 4. The van der Waals surface area contributed by atoms with E-state index in [1.165, 1.54) is 12.1 Å². The molecule has 0 atom stereocenters. The van der Waals surface area contributed by atoms with Crippen LogP contribution < -0.4 is 5.73 Å². The lowest BCUT2D eigenvalue weighted by Crippen LogP contribution is -2.08. The molecule has 0 amide bonds. The highest BCUT2D eigenvalue weighted by Gasteiger charge is 2.06. The highest BCUT2D eigenvalue weighted by Crippen LogP contribution is 2.13. The highest BCUT2D eigenvalue weighted by atomic mass is 19.1. The van der Waals surface area contributed by atoms with Crippen LogP contribution in [0.3, 0.4) is 0 Å². The third-order valence-electron chi connectivity index (χ3n) is 2.85. The highest BCUT2D eigenvalue weighted by molar-refractivity contribution is 5.28. The van der Waals surface area contributed by atoms with E-state index in [2.05, 4.69) is 16.5 Å². The van der Waals surface area contributed by atoms with Crippen molar-refractivity contribution in [3.8, 4) is 0 Å². The van der Waals surface area contributed by atoms with Gasteiger partial charge in [-0.05, 0) is 23.3 Å². The number of aromatic nitrogens is 2. The second-order valence-corrected chi connectivity index (χ2v) is 3.94. The van der Waals surface area contributed by atoms with Crippen molar-refractivity contribution in [1.29, 1.82) is 0 Å². The molecule has 4 heteroatoms. The first-order valence-corrected chi connectivity index (χ1v) is 5.72. The summed E-state index contributed by atoms with van der Waals surface area (Å²) < 4.78 is 15.1. The van der Waals surface area contributed by atoms with E-state index >= 15 is 0 Å². The van der Waals surface area contributed by atoms with Crippen molar-refractivity contribution < 1.29 is 4.39 Å². The van der Waals surface area contributed by atoms with Crippen LogP contribution in [-0.2, 0) is 19.5 Å². The predicted octanol–water partition coefficient (Wildman–Crippen LogP) is 2.09. The Kier molecular flexibility index (Phi) is 3.54. The molecule has 2 aromatic rings. The molecule has 1 heterocycles. The molecule has 17 heavy (non-hydrogen) atoms. The zero-order chi connectivity index (χ0) is 12.3. The van der Waals surface area contributed by atoms with E-state index in [1.54, 1.807) is 12.3 Å². The number of hydrogen-bond donors (Lipinski definition) is 1. The molecule has 0 bridgehead atoms. The maximum absolute atomic E-state index is 13.1. The van der Waals surface area contributed by atoms with Crippen molar-refractivity contribution in [2.45, 2.75) is 26.4 Å². The van der Waals surface area contributed by atoms with Gasteiger partial charge in [0.1, 0.15) is 11.6 Å². The van der Waals surface area contributed by atoms with Crippen molar-refractivity contribution in [3.05, 3.63) is 53.4 Å². The molecule has 2 N–H and O–H groups in total.